The van der Waals surface area contributed by atoms with Crippen molar-refractivity contribution in [2.45, 2.75) is 98.0 Å². The third-order valence-electron chi connectivity index (χ3n) is 5.64. The first-order chi connectivity index (χ1) is 14.4. The summed E-state index contributed by atoms with van der Waals surface area (Å²) in [6.07, 6.45) is 7.98. The summed E-state index contributed by atoms with van der Waals surface area (Å²) in [5, 5.41) is 9.89. The summed E-state index contributed by atoms with van der Waals surface area (Å²) in [4.78, 5) is 24.8. The molecular formula is C25H40O5. The molecular weight excluding hydrogens is 380 g/mol. The van der Waals surface area contributed by atoms with Crippen molar-refractivity contribution in [3.05, 3.63) is 29.8 Å². The molecule has 2 unspecified atom stereocenters. The number of hydrogen-bond donors (Lipinski definition) is 1. The molecule has 30 heavy (non-hydrogen) atoms. The van der Waals surface area contributed by atoms with Gasteiger partial charge in [-0.1, -0.05) is 65.0 Å². The minimum absolute atomic E-state index is 0.225. The maximum absolute atomic E-state index is 12.7. The van der Waals surface area contributed by atoms with Gasteiger partial charge in [-0.2, -0.15) is 0 Å². The van der Waals surface area contributed by atoms with Crippen LogP contribution in [0.25, 0.3) is 0 Å². The van der Waals surface area contributed by atoms with Crippen LogP contribution in [0.1, 0.15) is 91.0 Å². The van der Waals surface area contributed by atoms with Crippen LogP contribution in [0.3, 0.4) is 0 Å². The van der Waals surface area contributed by atoms with Crippen molar-refractivity contribution in [2.24, 2.45) is 5.41 Å². The highest BCUT2D eigenvalue weighted by Gasteiger charge is 2.46. The predicted molar refractivity (Wildman–Crippen MR) is 120 cm³/mol. The molecule has 0 saturated carbocycles. The highest BCUT2D eigenvalue weighted by molar-refractivity contribution is 5.99. The van der Waals surface area contributed by atoms with E-state index in [-0.39, 0.29) is 18.9 Å². The SMILES string of the molecule is CCCCCCCOc1ccc(CCC(CCC)(C(=O)O)C(=O)OC(C)CC)cc1. The van der Waals surface area contributed by atoms with Crippen LogP contribution < -0.4 is 4.74 Å². The van der Waals surface area contributed by atoms with Crippen LogP contribution in [0, 0.1) is 5.41 Å². The van der Waals surface area contributed by atoms with Gasteiger partial charge in [0.2, 0.25) is 0 Å². The lowest BCUT2D eigenvalue weighted by atomic mass is 9.78. The van der Waals surface area contributed by atoms with Crippen molar-refractivity contribution < 1.29 is 24.2 Å². The number of aliphatic carboxylic acids is 1. The Morgan fingerprint density at radius 3 is 2.20 bits per heavy atom. The third kappa shape index (κ3) is 8.37. The second-order valence-corrected chi connectivity index (χ2v) is 8.17. The van der Waals surface area contributed by atoms with Crippen LogP contribution in [0.2, 0.25) is 0 Å². The first-order valence-corrected chi connectivity index (χ1v) is 11.6. The number of unbranched alkanes of at least 4 members (excludes halogenated alkanes) is 4. The Kier molecular flexibility index (Phi) is 12.2. The summed E-state index contributed by atoms with van der Waals surface area (Å²) in [5.74, 6) is -0.890. The van der Waals surface area contributed by atoms with Crippen LogP contribution in [-0.4, -0.2) is 29.8 Å². The van der Waals surface area contributed by atoms with Crippen molar-refractivity contribution in [3.63, 3.8) is 0 Å². The standard InChI is InChI=1S/C25H40O5/c1-5-8-9-10-11-19-29-22-14-12-21(13-15-22)16-18-25(17-6-2,23(26)27)24(28)30-20(4)7-3/h12-15,20H,5-11,16-19H2,1-4H3,(H,26,27). The Balaban J connectivity index is 2.68. The topological polar surface area (TPSA) is 72.8 Å². The van der Waals surface area contributed by atoms with E-state index in [1.165, 1.54) is 25.7 Å². The highest BCUT2D eigenvalue weighted by Crippen LogP contribution is 2.33. The zero-order valence-corrected chi connectivity index (χ0v) is 19.2. The van der Waals surface area contributed by atoms with E-state index in [0.29, 0.717) is 25.9 Å². The van der Waals surface area contributed by atoms with Crippen LogP contribution in [0.15, 0.2) is 24.3 Å². The number of carboxylic acids is 1. The number of carboxylic acid groups (broad SMARTS) is 1. The number of benzene rings is 1. The van der Waals surface area contributed by atoms with E-state index < -0.39 is 17.4 Å². The fraction of sp³-hybridized carbons (Fsp3) is 0.680. The largest absolute Gasteiger partial charge is 0.494 e. The molecule has 0 saturated heterocycles. The van der Waals surface area contributed by atoms with Gasteiger partial charge < -0.3 is 14.6 Å². The summed E-state index contributed by atoms with van der Waals surface area (Å²) in [6.45, 7) is 8.51. The second-order valence-electron chi connectivity index (χ2n) is 8.17. The number of esters is 1. The molecule has 170 valence electrons. The molecule has 0 aliphatic heterocycles. The zero-order chi connectivity index (χ0) is 22.4. The zero-order valence-electron chi connectivity index (χ0n) is 19.2. The van der Waals surface area contributed by atoms with Gasteiger partial charge in [-0.15, -0.1) is 0 Å². The Morgan fingerprint density at radius 2 is 1.63 bits per heavy atom. The van der Waals surface area contributed by atoms with Crippen molar-refractivity contribution in [3.8, 4) is 5.75 Å². The minimum Gasteiger partial charge on any atom is -0.494 e. The van der Waals surface area contributed by atoms with E-state index >= 15 is 0 Å². The fourth-order valence-electron chi connectivity index (χ4n) is 3.44. The predicted octanol–water partition coefficient (Wildman–Crippen LogP) is 6.18. The number of hydrogen-bond acceptors (Lipinski definition) is 4. The van der Waals surface area contributed by atoms with Crippen LogP contribution in [0.4, 0.5) is 0 Å². The Hall–Kier alpha value is -2.04. The van der Waals surface area contributed by atoms with Crippen LogP contribution in [-0.2, 0) is 20.7 Å². The molecule has 1 rings (SSSR count). The summed E-state index contributed by atoms with van der Waals surface area (Å²) >= 11 is 0. The Bertz CT molecular complexity index is 625. The molecule has 0 aliphatic carbocycles. The van der Waals surface area contributed by atoms with Gasteiger partial charge in [0.15, 0.2) is 5.41 Å². The number of carbonyl (C=O) groups excluding carboxylic acids is 1. The van der Waals surface area contributed by atoms with Crippen molar-refractivity contribution in [2.75, 3.05) is 6.61 Å². The number of carbonyl (C=O) groups is 2. The lowest BCUT2D eigenvalue weighted by Crippen LogP contribution is -2.42. The van der Waals surface area contributed by atoms with Crippen molar-refractivity contribution >= 4 is 11.9 Å². The van der Waals surface area contributed by atoms with E-state index in [1.54, 1.807) is 6.92 Å². The maximum Gasteiger partial charge on any atom is 0.323 e. The average Bonchev–Trinajstić information content (AvgIpc) is 2.74. The number of aryl methyl sites for hydroxylation is 1. The molecule has 0 aromatic heterocycles. The Morgan fingerprint density at radius 1 is 0.967 bits per heavy atom. The third-order valence-corrected chi connectivity index (χ3v) is 5.64. The summed E-state index contributed by atoms with van der Waals surface area (Å²) in [6, 6.07) is 7.73. The van der Waals surface area contributed by atoms with Gasteiger partial charge in [0.05, 0.1) is 12.7 Å². The summed E-state index contributed by atoms with van der Waals surface area (Å²) in [7, 11) is 0. The van der Waals surface area contributed by atoms with Gasteiger partial charge >= 0.3 is 11.9 Å². The molecule has 0 amide bonds. The second kappa shape index (κ2) is 14.1. The quantitative estimate of drug-likeness (QED) is 0.196. The van der Waals surface area contributed by atoms with Crippen molar-refractivity contribution in [1.29, 1.82) is 0 Å². The molecule has 5 heteroatoms. The van der Waals surface area contributed by atoms with Gasteiger partial charge in [0.1, 0.15) is 5.75 Å². The Labute approximate surface area is 182 Å². The van der Waals surface area contributed by atoms with Crippen LogP contribution >= 0.6 is 0 Å². The van der Waals surface area contributed by atoms with E-state index in [2.05, 4.69) is 6.92 Å². The molecule has 1 aromatic rings. The van der Waals surface area contributed by atoms with Gasteiger partial charge in [-0.3, -0.25) is 9.59 Å². The maximum atomic E-state index is 12.7. The van der Waals surface area contributed by atoms with E-state index in [9.17, 15) is 14.7 Å². The van der Waals surface area contributed by atoms with Crippen molar-refractivity contribution in [1.82, 2.24) is 0 Å². The molecule has 0 radical (unpaired) electrons. The molecule has 0 aliphatic rings. The van der Waals surface area contributed by atoms with Gasteiger partial charge in [-0.05, 0) is 56.7 Å². The monoisotopic (exact) mass is 420 g/mol. The molecule has 2 atom stereocenters. The molecule has 0 spiro atoms. The number of rotatable bonds is 16. The first-order valence-electron chi connectivity index (χ1n) is 11.6. The van der Waals surface area contributed by atoms with Crippen LogP contribution in [0.5, 0.6) is 5.75 Å². The summed E-state index contributed by atoms with van der Waals surface area (Å²) < 4.78 is 11.2. The van der Waals surface area contributed by atoms with Gasteiger partial charge in [0, 0.05) is 0 Å². The normalized spacial score (nSPS) is 14.0. The van der Waals surface area contributed by atoms with E-state index in [1.807, 2.05) is 38.1 Å². The molecule has 1 N–H and O–H groups in total. The minimum atomic E-state index is -1.49. The van der Waals surface area contributed by atoms with Gasteiger partial charge in [-0.25, -0.2) is 0 Å². The molecule has 5 nitrogen and oxygen atoms in total. The first kappa shape index (κ1) is 26.0. The van der Waals surface area contributed by atoms with E-state index in [4.69, 9.17) is 9.47 Å². The average molecular weight is 421 g/mol. The molecule has 0 fully saturated rings. The molecule has 1 aromatic carbocycles. The lowest BCUT2D eigenvalue weighted by Gasteiger charge is -2.28. The molecule has 0 heterocycles. The highest BCUT2D eigenvalue weighted by atomic mass is 16.5. The fourth-order valence-corrected chi connectivity index (χ4v) is 3.44. The lowest BCUT2D eigenvalue weighted by molar-refractivity contribution is -0.173. The van der Waals surface area contributed by atoms with E-state index in [0.717, 1.165) is 17.7 Å². The number of ether oxygens (including phenoxy) is 2. The smallest absolute Gasteiger partial charge is 0.323 e. The van der Waals surface area contributed by atoms with Gasteiger partial charge in [0.25, 0.3) is 0 Å². The molecule has 0 bridgehead atoms. The summed E-state index contributed by atoms with van der Waals surface area (Å²) in [5.41, 5.74) is -0.505.